The molecule has 0 unspecified atom stereocenters. The van der Waals surface area contributed by atoms with E-state index in [1.54, 1.807) is 0 Å². The summed E-state index contributed by atoms with van der Waals surface area (Å²) in [6.07, 6.45) is 4.15. The molecule has 0 saturated carbocycles. The van der Waals surface area contributed by atoms with E-state index in [0.29, 0.717) is 6.54 Å². The zero-order valence-corrected chi connectivity index (χ0v) is 11.9. The quantitative estimate of drug-likeness (QED) is 0.830. The highest BCUT2D eigenvalue weighted by Crippen LogP contribution is 2.35. The molecule has 2 rings (SSSR count). The number of likely N-dealkylation sites (tertiary alicyclic amines) is 1. The number of piperidine rings is 1. The summed E-state index contributed by atoms with van der Waals surface area (Å²) in [5, 5.41) is 8.84. The smallest absolute Gasteiger partial charge is 0.317 e. The van der Waals surface area contributed by atoms with Crippen LogP contribution in [0.3, 0.4) is 0 Å². The van der Waals surface area contributed by atoms with Gasteiger partial charge in [0.1, 0.15) is 0 Å². The molecule has 1 saturated heterocycles. The Morgan fingerprint density at radius 3 is 2.45 bits per heavy atom. The lowest BCUT2D eigenvalue weighted by molar-refractivity contribution is -0.138. The van der Waals surface area contributed by atoms with Gasteiger partial charge in [-0.25, -0.2) is 0 Å². The van der Waals surface area contributed by atoms with Crippen molar-refractivity contribution in [1.29, 1.82) is 0 Å². The molecular formula is C16H24N2O2. The number of carboxylic acid groups (broad SMARTS) is 1. The van der Waals surface area contributed by atoms with Crippen molar-refractivity contribution in [3.05, 3.63) is 35.9 Å². The van der Waals surface area contributed by atoms with E-state index in [2.05, 4.69) is 24.3 Å². The molecule has 0 radical (unpaired) electrons. The lowest BCUT2D eigenvalue weighted by atomic mass is 9.74. The Kier molecular flexibility index (Phi) is 5.15. The number of aliphatic carboxylic acids is 1. The van der Waals surface area contributed by atoms with Crippen LogP contribution in [0.25, 0.3) is 0 Å². The minimum absolute atomic E-state index is 0.152. The number of hydrogen-bond acceptors (Lipinski definition) is 3. The van der Waals surface area contributed by atoms with Crippen LogP contribution in [0.2, 0.25) is 0 Å². The zero-order valence-electron chi connectivity index (χ0n) is 11.9. The van der Waals surface area contributed by atoms with Crippen LogP contribution in [-0.4, -0.2) is 42.2 Å². The predicted molar refractivity (Wildman–Crippen MR) is 79.6 cm³/mol. The molecule has 4 nitrogen and oxygen atoms in total. The van der Waals surface area contributed by atoms with Crippen molar-refractivity contribution in [1.82, 2.24) is 4.90 Å². The summed E-state index contributed by atoms with van der Waals surface area (Å²) in [7, 11) is 0. The standard InChI is InChI=1S/C16H24N2O2/c17-13-16(7-6-14-4-2-1-3-5-14)8-10-18(11-9-16)12-15(19)20/h1-5H,6-13,17H2,(H,19,20). The second-order valence-corrected chi connectivity index (χ2v) is 5.86. The maximum absolute atomic E-state index is 10.7. The number of hydrogen-bond donors (Lipinski definition) is 2. The first-order chi connectivity index (χ1) is 9.63. The van der Waals surface area contributed by atoms with Gasteiger partial charge in [-0.05, 0) is 56.3 Å². The average molecular weight is 276 g/mol. The van der Waals surface area contributed by atoms with Crippen LogP contribution in [0.5, 0.6) is 0 Å². The third-order valence-electron chi connectivity index (χ3n) is 4.50. The number of aryl methyl sites for hydroxylation is 1. The van der Waals surface area contributed by atoms with Gasteiger partial charge >= 0.3 is 5.97 Å². The van der Waals surface area contributed by atoms with Crippen molar-refractivity contribution in [3.63, 3.8) is 0 Å². The van der Waals surface area contributed by atoms with Gasteiger partial charge in [0.25, 0.3) is 0 Å². The maximum atomic E-state index is 10.7. The Morgan fingerprint density at radius 2 is 1.90 bits per heavy atom. The number of benzene rings is 1. The molecule has 0 atom stereocenters. The second-order valence-electron chi connectivity index (χ2n) is 5.86. The molecule has 1 aliphatic rings. The van der Waals surface area contributed by atoms with Crippen molar-refractivity contribution in [2.75, 3.05) is 26.2 Å². The molecule has 0 aliphatic carbocycles. The summed E-state index contributed by atoms with van der Waals surface area (Å²) >= 11 is 0. The van der Waals surface area contributed by atoms with E-state index in [1.165, 1.54) is 5.56 Å². The van der Waals surface area contributed by atoms with E-state index in [9.17, 15) is 4.79 Å². The van der Waals surface area contributed by atoms with E-state index in [-0.39, 0.29) is 12.0 Å². The highest BCUT2D eigenvalue weighted by molar-refractivity contribution is 5.69. The largest absolute Gasteiger partial charge is 0.480 e. The van der Waals surface area contributed by atoms with Gasteiger partial charge in [0, 0.05) is 0 Å². The molecule has 0 bridgehead atoms. The van der Waals surface area contributed by atoms with E-state index < -0.39 is 5.97 Å². The van der Waals surface area contributed by atoms with Crippen LogP contribution in [0.15, 0.2) is 30.3 Å². The SMILES string of the molecule is NCC1(CCc2ccccc2)CCN(CC(=O)O)CC1. The Bertz CT molecular complexity index is 425. The second kappa shape index (κ2) is 6.86. The summed E-state index contributed by atoms with van der Waals surface area (Å²) in [5.41, 5.74) is 7.55. The van der Waals surface area contributed by atoms with Crippen LogP contribution in [0.1, 0.15) is 24.8 Å². The first-order valence-corrected chi connectivity index (χ1v) is 7.32. The molecule has 1 aromatic rings. The van der Waals surface area contributed by atoms with Crippen molar-refractivity contribution < 1.29 is 9.90 Å². The van der Waals surface area contributed by atoms with E-state index >= 15 is 0 Å². The molecule has 0 amide bonds. The van der Waals surface area contributed by atoms with Crippen LogP contribution in [0, 0.1) is 5.41 Å². The number of carboxylic acids is 1. The molecule has 1 fully saturated rings. The van der Waals surface area contributed by atoms with E-state index in [0.717, 1.165) is 38.8 Å². The molecule has 0 aromatic heterocycles. The monoisotopic (exact) mass is 276 g/mol. The van der Waals surface area contributed by atoms with Crippen LogP contribution >= 0.6 is 0 Å². The minimum Gasteiger partial charge on any atom is -0.480 e. The molecular weight excluding hydrogens is 252 g/mol. The normalized spacial score (nSPS) is 18.9. The Hall–Kier alpha value is -1.39. The number of rotatable bonds is 6. The third-order valence-corrected chi connectivity index (χ3v) is 4.50. The van der Waals surface area contributed by atoms with Gasteiger partial charge in [-0.3, -0.25) is 9.69 Å². The molecule has 1 aromatic carbocycles. The van der Waals surface area contributed by atoms with Crippen molar-refractivity contribution in [3.8, 4) is 0 Å². The Morgan fingerprint density at radius 1 is 1.25 bits per heavy atom. The van der Waals surface area contributed by atoms with Gasteiger partial charge in [0.2, 0.25) is 0 Å². The Balaban J connectivity index is 1.87. The van der Waals surface area contributed by atoms with Crippen molar-refractivity contribution in [2.45, 2.75) is 25.7 Å². The maximum Gasteiger partial charge on any atom is 0.317 e. The highest BCUT2D eigenvalue weighted by Gasteiger charge is 2.33. The first kappa shape index (κ1) is 15.0. The molecule has 0 spiro atoms. The predicted octanol–water partition coefficient (Wildman–Crippen LogP) is 1.74. The average Bonchev–Trinajstić information content (AvgIpc) is 2.47. The van der Waals surface area contributed by atoms with Gasteiger partial charge in [-0.15, -0.1) is 0 Å². The summed E-state index contributed by atoms with van der Waals surface area (Å²) < 4.78 is 0. The number of carbonyl (C=O) groups is 1. The summed E-state index contributed by atoms with van der Waals surface area (Å²) in [5.74, 6) is -0.741. The topological polar surface area (TPSA) is 66.6 Å². The molecule has 1 heterocycles. The van der Waals surface area contributed by atoms with Crippen molar-refractivity contribution >= 4 is 5.97 Å². The fourth-order valence-electron chi connectivity index (χ4n) is 2.99. The van der Waals surface area contributed by atoms with Crippen LogP contribution in [-0.2, 0) is 11.2 Å². The number of nitrogens with two attached hydrogens (primary N) is 1. The molecule has 1 aliphatic heterocycles. The minimum atomic E-state index is -0.741. The third kappa shape index (κ3) is 4.05. The van der Waals surface area contributed by atoms with E-state index in [4.69, 9.17) is 10.8 Å². The van der Waals surface area contributed by atoms with Crippen LogP contribution in [0.4, 0.5) is 0 Å². The van der Waals surface area contributed by atoms with E-state index in [1.807, 2.05) is 11.0 Å². The molecule has 20 heavy (non-hydrogen) atoms. The fourth-order valence-corrected chi connectivity index (χ4v) is 2.99. The molecule has 4 heteroatoms. The van der Waals surface area contributed by atoms with Gasteiger partial charge in [-0.1, -0.05) is 30.3 Å². The van der Waals surface area contributed by atoms with Gasteiger partial charge < -0.3 is 10.8 Å². The highest BCUT2D eigenvalue weighted by atomic mass is 16.4. The lowest BCUT2D eigenvalue weighted by Crippen LogP contribution is -2.45. The zero-order chi connectivity index (χ0) is 14.4. The summed E-state index contributed by atoms with van der Waals surface area (Å²) in [6.45, 7) is 2.54. The van der Waals surface area contributed by atoms with Gasteiger partial charge in [-0.2, -0.15) is 0 Å². The van der Waals surface area contributed by atoms with Crippen molar-refractivity contribution in [2.24, 2.45) is 11.1 Å². The first-order valence-electron chi connectivity index (χ1n) is 7.32. The lowest BCUT2D eigenvalue weighted by Gasteiger charge is -2.41. The van der Waals surface area contributed by atoms with Gasteiger partial charge in [0.15, 0.2) is 0 Å². The number of nitrogens with zero attached hydrogens (tertiary/aromatic N) is 1. The molecule has 3 N–H and O–H groups in total. The van der Waals surface area contributed by atoms with Gasteiger partial charge in [0.05, 0.1) is 6.54 Å². The summed E-state index contributed by atoms with van der Waals surface area (Å²) in [4.78, 5) is 12.8. The summed E-state index contributed by atoms with van der Waals surface area (Å²) in [6, 6.07) is 10.5. The van der Waals surface area contributed by atoms with Crippen LogP contribution < -0.4 is 5.73 Å². The Labute approximate surface area is 120 Å². The fraction of sp³-hybridized carbons (Fsp3) is 0.562. The molecule has 110 valence electrons.